The molecule has 2 nitrogen and oxygen atoms in total. The molecule has 0 fully saturated rings. The molecule has 0 bridgehead atoms. The normalized spacial score (nSPS) is 13.8. The van der Waals surface area contributed by atoms with Crippen LogP contribution in [0.15, 0.2) is 24.3 Å². The number of benzene rings is 1. The van der Waals surface area contributed by atoms with Gasteiger partial charge in [0.2, 0.25) is 0 Å². The Bertz CT molecular complexity index is 488. The van der Waals surface area contributed by atoms with Gasteiger partial charge < -0.3 is 0 Å². The summed E-state index contributed by atoms with van der Waals surface area (Å²) in [5, 5.41) is 0. The third kappa shape index (κ3) is 2.51. The summed E-state index contributed by atoms with van der Waals surface area (Å²) in [6.45, 7) is 2.04. The Morgan fingerprint density at radius 3 is 2.40 bits per heavy atom. The number of aromatic nitrogens is 2. The quantitative estimate of drug-likeness (QED) is 0.784. The zero-order chi connectivity index (χ0) is 10.8. The van der Waals surface area contributed by atoms with E-state index < -0.39 is 0 Å². The Hall–Kier alpha value is 0.280. The van der Waals surface area contributed by atoms with Gasteiger partial charge in [-0.15, -0.1) is 17.9 Å². The summed E-state index contributed by atoms with van der Waals surface area (Å²) in [5.41, 5.74) is 4.20. The highest BCUT2D eigenvalue weighted by Crippen LogP contribution is 2.64. The molecule has 0 aliphatic heterocycles. The molecule has 4 atom stereocenters. The maximum atomic E-state index is 4.68. The van der Waals surface area contributed by atoms with Crippen molar-refractivity contribution < 1.29 is 0 Å². The van der Waals surface area contributed by atoms with Crippen molar-refractivity contribution in [2.45, 2.75) is 6.92 Å². The molecule has 0 saturated carbocycles. The van der Waals surface area contributed by atoms with Gasteiger partial charge in [-0.25, -0.2) is 9.97 Å². The number of hydrogen-bond acceptors (Lipinski definition) is 2. The highest BCUT2D eigenvalue weighted by Gasteiger charge is 2.10. The zero-order valence-electron chi connectivity index (χ0n) is 8.31. The van der Waals surface area contributed by atoms with Crippen molar-refractivity contribution in [1.82, 2.24) is 9.97 Å². The van der Waals surface area contributed by atoms with E-state index in [1.165, 1.54) is 0 Å². The molecular weight excluding hydrogens is 260 g/mol. The van der Waals surface area contributed by atoms with Crippen molar-refractivity contribution in [3.63, 3.8) is 0 Å². The summed E-state index contributed by atoms with van der Waals surface area (Å²) >= 11 is 0. The fourth-order valence-corrected chi connectivity index (χ4v) is 4.94. The van der Waals surface area contributed by atoms with E-state index in [-0.39, 0.29) is 7.30 Å². The molecule has 0 aliphatic rings. The molecule has 0 radical (unpaired) electrons. The van der Waals surface area contributed by atoms with Crippen LogP contribution in [0.4, 0.5) is 0 Å². The van der Waals surface area contributed by atoms with Crippen LogP contribution in [0.1, 0.15) is 5.69 Å². The second-order valence-corrected chi connectivity index (χ2v) is 12.2. The van der Waals surface area contributed by atoms with Gasteiger partial charge in [0.05, 0.1) is 22.2 Å². The number of para-hydroxylation sites is 2. The predicted octanol–water partition coefficient (Wildman–Crippen LogP) is 3.22. The van der Waals surface area contributed by atoms with Crippen LogP contribution >= 0.6 is 33.1 Å². The van der Waals surface area contributed by atoms with E-state index in [2.05, 4.69) is 27.8 Å². The van der Waals surface area contributed by atoms with Gasteiger partial charge in [-0.1, -0.05) is 20.1 Å². The summed E-state index contributed by atoms with van der Waals surface area (Å²) in [6, 6.07) is 8.03. The van der Waals surface area contributed by atoms with Gasteiger partial charge in [-0.3, -0.25) is 0 Å². The minimum Gasteiger partial charge on any atom is -0.249 e. The molecule has 0 aliphatic carbocycles. The molecule has 2 rings (SSSR count). The average Bonchev–Trinajstić information content (AvgIpc) is 2.27. The van der Waals surface area contributed by atoms with Gasteiger partial charge in [-0.2, -0.15) is 0 Å². The molecule has 0 amide bonds. The van der Waals surface area contributed by atoms with Crippen molar-refractivity contribution in [2.75, 3.05) is 0 Å². The molecule has 0 spiro atoms. The Balaban J connectivity index is 2.61. The molecular formula is C9H12N2P4. The first kappa shape index (κ1) is 11.8. The summed E-state index contributed by atoms with van der Waals surface area (Å²) in [5.74, 6) is 0. The molecule has 0 saturated heterocycles. The van der Waals surface area contributed by atoms with Crippen LogP contribution in [0.25, 0.3) is 11.0 Å². The van der Waals surface area contributed by atoms with Crippen LogP contribution in [0.3, 0.4) is 0 Å². The molecule has 4 unspecified atom stereocenters. The van der Waals surface area contributed by atoms with E-state index in [0.717, 1.165) is 30.1 Å². The van der Waals surface area contributed by atoms with Crippen LogP contribution in [-0.4, -0.2) is 9.97 Å². The Kier molecular flexibility index (Phi) is 3.98. The summed E-state index contributed by atoms with van der Waals surface area (Å²) in [4.78, 5) is 9.26. The summed E-state index contributed by atoms with van der Waals surface area (Å²) in [6.07, 6.45) is 0. The van der Waals surface area contributed by atoms with E-state index in [4.69, 9.17) is 0 Å². The van der Waals surface area contributed by atoms with Gasteiger partial charge in [0.1, 0.15) is 0 Å². The SMILES string of the molecule is Cc1nc2ccccc2nc1P(P)PP. The van der Waals surface area contributed by atoms with E-state index in [0.29, 0.717) is 0 Å². The van der Waals surface area contributed by atoms with Crippen molar-refractivity contribution in [2.24, 2.45) is 0 Å². The molecule has 0 N–H and O–H groups in total. The number of aryl methyl sites for hydroxylation is 1. The van der Waals surface area contributed by atoms with Crippen LogP contribution in [0.5, 0.6) is 0 Å². The largest absolute Gasteiger partial charge is 0.249 e. The molecule has 78 valence electrons. The van der Waals surface area contributed by atoms with E-state index in [1.807, 2.05) is 31.2 Å². The number of fused-ring (bicyclic) bond motifs is 1. The minimum absolute atomic E-state index is 0.234. The first-order valence-corrected chi connectivity index (χ1v) is 11.1. The third-order valence-corrected chi connectivity index (χ3v) is 12.0. The molecule has 2 aromatic rings. The molecule has 1 aromatic heterocycles. The maximum Gasteiger partial charge on any atom is 0.0931 e. The van der Waals surface area contributed by atoms with Gasteiger partial charge >= 0.3 is 0 Å². The molecule has 1 aromatic carbocycles. The first-order chi connectivity index (χ1) is 7.22. The van der Waals surface area contributed by atoms with Crippen LogP contribution < -0.4 is 5.44 Å². The van der Waals surface area contributed by atoms with Crippen molar-refractivity contribution in [3.05, 3.63) is 30.0 Å². The lowest BCUT2D eigenvalue weighted by molar-refractivity contribution is 1.23. The summed E-state index contributed by atoms with van der Waals surface area (Å²) in [7, 11) is 6.27. The zero-order valence-corrected chi connectivity index (χ0v) is 12.5. The maximum absolute atomic E-state index is 4.68. The number of nitrogens with zero attached hydrogens (tertiary/aromatic N) is 2. The Morgan fingerprint density at radius 2 is 1.80 bits per heavy atom. The smallest absolute Gasteiger partial charge is 0.0931 e. The van der Waals surface area contributed by atoms with E-state index in [9.17, 15) is 0 Å². The Labute approximate surface area is 96.7 Å². The predicted molar refractivity (Wildman–Crippen MR) is 78.6 cm³/mol. The highest BCUT2D eigenvalue weighted by atomic mass is 32.6. The average molecular weight is 272 g/mol. The van der Waals surface area contributed by atoms with Crippen molar-refractivity contribution in [3.8, 4) is 0 Å². The lowest BCUT2D eigenvalue weighted by Gasteiger charge is -2.11. The second kappa shape index (κ2) is 5.07. The molecule has 6 heteroatoms. The topological polar surface area (TPSA) is 25.8 Å². The second-order valence-electron chi connectivity index (χ2n) is 3.12. The number of rotatable bonds is 2. The van der Waals surface area contributed by atoms with Gasteiger partial charge in [0.25, 0.3) is 0 Å². The number of hydrogen-bond donors (Lipinski definition) is 0. The van der Waals surface area contributed by atoms with Crippen molar-refractivity contribution >= 4 is 49.6 Å². The lowest BCUT2D eigenvalue weighted by Crippen LogP contribution is -2.09. The standard InChI is InChI=1S/C9H12N2P4/c1-6-9(15(13)14-12)11-8-5-3-2-4-7(8)10-6/h2-5,14H,12-13H2,1H3. The monoisotopic (exact) mass is 272 g/mol. The lowest BCUT2D eigenvalue weighted by atomic mass is 10.3. The van der Waals surface area contributed by atoms with Crippen LogP contribution in [0.2, 0.25) is 0 Å². The van der Waals surface area contributed by atoms with Gasteiger partial charge in [0.15, 0.2) is 0 Å². The fourth-order valence-electron chi connectivity index (χ4n) is 1.37. The third-order valence-electron chi connectivity index (χ3n) is 2.09. The van der Waals surface area contributed by atoms with Gasteiger partial charge in [0, 0.05) is 0 Å². The Morgan fingerprint density at radius 1 is 1.20 bits per heavy atom. The first-order valence-electron chi connectivity index (χ1n) is 4.47. The van der Waals surface area contributed by atoms with E-state index in [1.54, 1.807) is 0 Å². The molecule has 15 heavy (non-hydrogen) atoms. The van der Waals surface area contributed by atoms with Crippen LogP contribution in [0, 0.1) is 6.92 Å². The summed E-state index contributed by atoms with van der Waals surface area (Å²) < 4.78 is 0. The minimum atomic E-state index is -0.234. The highest BCUT2D eigenvalue weighted by molar-refractivity contribution is 8.63. The van der Waals surface area contributed by atoms with Crippen molar-refractivity contribution in [1.29, 1.82) is 0 Å². The van der Waals surface area contributed by atoms with Crippen LogP contribution in [-0.2, 0) is 0 Å². The van der Waals surface area contributed by atoms with E-state index >= 15 is 0 Å². The fraction of sp³-hybridized carbons (Fsp3) is 0.111. The molecule has 1 heterocycles. The van der Waals surface area contributed by atoms with Gasteiger partial charge in [-0.05, 0) is 26.4 Å².